The van der Waals surface area contributed by atoms with Gasteiger partial charge in [-0.1, -0.05) is 146 Å². The van der Waals surface area contributed by atoms with E-state index < -0.39 is 0 Å². The van der Waals surface area contributed by atoms with Crippen molar-refractivity contribution in [2.75, 3.05) is 0 Å². The van der Waals surface area contributed by atoms with Crippen LogP contribution < -0.4 is 0 Å². The molecule has 1 nitrogen and oxygen atoms in total. The van der Waals surface area contributed by atoms with E-state index in [2.05, 4.69) is 187 Å². The van der Waals surface area contributed by atoms with Crippen LogP contribution in [-0.2, 0) is 0 Å². The van der Waals surface area contributed by atoms with Crippen molar-refractivity contribution in [3.05, 3.63) is 182 Å². The highest BCUT2D eigenvalue weighted by atomic mass is 14.7. The molecule has 228 valence electrons. The third kappa shape index (κ3) is 4.55. The topological polar surface area (TPSA) is 15.8 Å². The zero-order valence-electron chi connectivity index (χ0n) is 26.8. The lowest BCUT2D eigenvalue weighted by molar-refractivity contribution is 1.53. The summed E-state index contributed by atoms with van der Waals surface area (Å²) < 4.78 is 0. The van der Waals surface area contributed by atoms with Crippen molar-refractivity contribution in [2.24, 2.45) is 0 Å². The summed E-state index contributed by atoms with van der Waals surface area (Å²) in [4.78, 5) is 3.82. The van der Waals surface area contributed by atoms with Crippen LogP contribution in [-0.4, -0.2) is 4.98 Å². The average molecular weight is 622 g/mol. The van der Waals surface area contributed by atoms with Gasteiger partial charge in [-0.05, 0) is 108 Å². The Morgan fingerprint density at radius 2 is 0.714 bits per heavy atom. The van der Waals surface area contributed by atoms with Gasteiger partial charge in [-0.25, -0.2) is 0 Å². The van der Waals surface area contributed by atoms with Crippen LogP contribution >= 0.6 is 0 Å². The first kappa shape index (κ1) is 27.7. The van der Waals surface area contributed by atoms with Gasteiger partial charge in [0.05, 0.1) is 5.52 Å². The van der Waals surface area contributed by atoms with Crippen molar-refractivity contribution >= 4 is 54.1 Å². The number of rotatable bonds is 4. The molecule has 0 saturated carbocycles. The lowest BCUT2D eigenvalue weighted by atomic mass is 9.91. The zero-order valence-corrected chi connectivity index (χ0v) is 26.8. The second-order valence-corrected chi connectivity index (χ2v) is 13.0. The predicted octanol–water partition coefficient (Wildman–Crippen LogP) is 13.4. The molecule has 0 aliphatic carbocycles. The third-order valence-electron chi connectivity index (χ3n) is 10.2. The number of benzene rings is 9. The van der Waals surface area contributed by atoms with Gasteiger partial charge >= 0.3 is 0 Å². The number of H-pyrrole nitrogens is 1. The SMILES string of the molecule is c1ccc(-c2ccc3[nH]c4c(-c5cccc(-c6ccc7c8ccccc8c8ccccc8c7c6)c5)cc(-c5ccccc5)cc4c3c2)cc1. The lowest BCUT2D eigenvalue weighted by Crippen LogP contribution is -1.87. The maximum absolute atomic E-state index is 3.82. The zero-order chi connectivity index (χ0) is 32.3. The Morgan fingerprint density at radius 3 is 1.41 bits per heavy atom. The molecule has 10 aromatic rings. The van der Waals surface area contributed by atoms with Gasteiger partial charge in [-0.3, -0.25) is 0 Å². The maximum Gasteiger partial charge on any atom is 0.0544 e. The van der Waals surface area contributed by atoms with Crippen LogP contribution in [0.4, 0.5) is 0 Å². The second kappa shape index (κ2) is 11.1. The van der Waals surface area contributed by atoms with Gasteiger partial charge in [0.2, 0.25) is 0 Å². The summed E-state index contributed by atoms with van der Waals surface area (Å²) >= 11 is 0. The summed E-state index contributed by atoms with van der Waals surface area (Å²) in [5, 5.41) is 10.2. The summed E-state index contributed by atoms with van der Waals surface area (Å²) in [5.74, 6) is 0. The molecule has 1 heterocycles. The minimum Gasteiger partial charge on any atom is -0.354 e. The monoisotopic (exact) mass is 621 g/mol. The Balaban J connectivity index is 1.18. The van der Waals surface area contributed by atoms with E-state index in [0.29, 0.717) is 0 Å². The number of aromatic nitrogens is 1. The van der Waals surface area contributed by atoms with Crippen LogP contribution in [0.25, 0.3) is 98.6 Å². The molecule has 1 aromatic heterocycles. The maximum atomic E-state index is 3.82. The fourth-order valence-corrected chi connectivity index (χ4v) is 7.79. The Bertz CT molecular complexity index is 2820. The highest BCUT2D eigenvalue weighted by Crippen LogP contribution is 2.41. The van der Waals surface area contributed by atoms with E-state index in [4.69, 9.17) is 0 Å². The van der Waals surface area contributed by atoms with Crippen molar-refractivity contribution in [2.45, 2.75) is 0 Å². The van der Waals surface area contributed by atoms with E-state index in [1.807, 2.05) is 0 Å². The van der Waals surface area contributed by atoms with Crippen LogP contribution in [0.15, 0.2) is 182 Å². The third-order valence-corrected chi connectivity index (χ3v) is 10.2. The van der Waals surface area contributed by atoms with E-state index >= 15 is 0 Å². The number of hydrogen-bond acceptors (Lipinski definition) is 0. The van der Waals surface area contributed by atoms with Crippen molar-refractivity contribution in [3.63, 3.8) is 0 Å². The normalized spacial score (nSPS) is 11.7. The summed E-state index contributed by atoms with van der Waals surface area (Å²) in [7, 11) is 0. The molecule has 0 radical (unpaired) electrons. The molecule has 0 saturated heterocycles. The first-order valence-corrected chi connectivity index (χ1v) is 16.9. The van der Waals surface area contributed by atoms with Gasteiger partial charge < -0.3 is 4.98 Å². The molecule has 0 aliphatic heterocycles. The minimum absolute atomic E-state index is 1.14. The van der Waals surface area contributed by atoms with E-state index in [1.54, 1.807) is 0 Å². The molecule has 0 unspecified atom stereocenters. The van der Waals surface area contributed by atoms with Crippen LogP contribution in [0, 0.1) is 0 Å². The Labute approximate surface area is 284 Å². The molecule has 0 amide bonds. The molecule has 0 fully saturated rings. The van der Waals surface area contributed by atoms with Gasteiger partial charge in [0, 0.05) is 21.9 Å². The molecule has 0 atom stereocenters. The van der Waals surface area contributed by atoms with Crippen LogP contribution in [0.3, 0.4) is 0 Å². The van der Waals surface area contributed by atoms with E-state index in [0.717, 1.165) is 11.0 Å². The Kier molecular flexibility index (Phi) is 6.25. The molecule has 0 aliphatic rings. The van der Waals surface area contributed by atoms with Gasteiger partial charge in [0.1, 0.15) is 0 Å². The number of aromatic amines is 1. The molecule has 9 aromatic carbocycles. The average Bonchev–Trinajstić information content (AvgIpc) is 3.56. The Hall–Kier alpha value is -6.44. The molecule has 0 bridgehead atoms. The standard InChI is InChI=1S/C48H31N/c1-3-12-31(13-4-1)34-23-25-47-45(28-34)46-30-37(32-14-5-2-6-15-32)29-43(48(46)49-47)36-17-11-16-33(26-36)35-22-24-42-40-20-8-7-18-38(40)39-19-9-10-21-41(39)44(42)27-35/h1-30,49H. The Morgan fingerprint density at radius 1 is 0.245 bits per heavy atom. The van der Waals surface area contributed by atoms with Crippen molar-refractivity contribution < 1.29 is 0 Å². The number of fused-ring (bicyclic) bond motifs is 9. The van der Waals surface area contributed by atoms with Gasteiger partial charge in [-0.2, -0.15) is 0 Å². The summed E-state index contributed by atoms with van der Waals surface area (Å²) in [5.41, 5.74) is 12.0. The van der Waals surface area contributed by atoms with Crippen LogP contribution in [0.5, 0.6) is 0 Å². The molecule has 10 rings (SSSR count). The van der Waals surface area contributed by atoms with Crippen molar-refractivity contribution in [1.29, 1.82) is 0 Å². The molecular weight excluding hydrogens is 591 g/mol. The van der Waals surface area contributed by atoms with Gasteiger partial charge in [0.25, 0.3) is 0 Å². The van der Waals surface area contributed by atoms with Gasteiger partial charge in [-0.15, -0.1) is 0 Å². The highest BCUT2D eigenvalue weighted by Gasteiger charge is 2.15. The first-order valence-electron chi connectivity index (χ1n) is 16.9. The molecule has 49 heavy (non-hydrogen) atoms. The number of hydrogen-bond donors (Lipinski definition) is 1. The largest absolute Gasteiger partial charge is 0.354 e. The summed E-state index contributed by atoms with van der Waals surface area (Å²) in [6.45, 7) is 0. The molecule has 1 heteroatoms. The minimum atomic E-state index is 1.14. The quantitative estimate of drug-likeness (QED) is 0.188. The molecular formula is C48H31N. The van der Waals surface area contributed by atoms with E-state index in [-0.39, 0.29) is 0 Å². The van der Waals surface area contributed by atoms with E-state index in [9.17, 15) is 0 Å². The fourth-order valence-electron chi connectivity index (χ4n) is 7.79. The highest BCUT2D eigenvalue weighted by molar-refractivity contribution is 6.25. The van der Waals surface area contributed by atoms with E-state index in [1.165, 1.54) is 87.6 Å². The molecule has 1 N–H and O–H groups in total. The predicted molar refractivity (Wildman–Crippen MR) is 210 cm³/mol. The number of nitrogens with one attached hydrogen (secondary N) is 1. The van der Waals surface area contributed by atoms with Crippen LogP contribution in [0.2, 0.25) is 0 Å². The fraction of sp³-hybridized carbons (Fsp3) is 0. The van der Waals surface area contributed by atoms with Crippen LogP contribution in [0.1, 0.15) is 0 Å². The first-order chi connectivity index (χ1) is 24.3. The summed E-state index contributed by atoms with van der Waals surface area (Å²) in [6, 6.07) is 66.4. The smallest absolute Gasteiger partial charge is 0.0544 e. The molecule has 0 spiro atoms. The van der Waals surface area contributed by atoms with Crippen molar-refractivity contribution in [1.82, 2.24) is 4.98 Å². The lowest BCUT2D eigenvalue weighted by Gasteiger charge is -2.13. The second-order valence-electron chi connectivity index (χ2n) is 13.0. The summed E-state index contributed by atoms with van der Waals surface area (Å²) in [6.07, 6.45) is 0. The van der Waals surface area contributed by atoms with Gasteiger partial charge in [0.15, 0.2) is 0 Å². The van der Waals surface area contributed by atoms with Crippen molar-refractivity contribution in [3.8, 4) is 44.5 Å².